The van der Waals surface area contributed by atoms with Gasteiger partial charge in [0, 0.05) is 23.5 Å². The molecule has 3 heterocycles. The van der Waals surface area contributed by atoms with Crippen LogP contribution in [0.15, 0.2) is 49.1 Å². The van der Waals surface area contributed by atoms with E-state index in [0.29, 0.717) is 28.1 Å². The van der Waals surface area contributed by atoms with Crippen LogP contribution in [0.1, 0.15) is 48.2 Å². The molecule has 35 heavy (non-hydrogen) atoms. The topological polar surface area (TPSA) is 97.6 Å². The zero-order valence-electron chi connectivity index (χ0n) is 19.4. The van der Waals surface area contributed by atoms with Crippen molar-refractivity contribution in [2.45, 2.75) is 45.8 Å². The van der Waals surface area contributed by atoms with Gasteiger partial charge in [0.2, 0.25) is 0 Å². The maximum atomic E-state index is 13.1. The molecule has 1 fully saturated rings. The van der Waals surface area contributed by atoms with E-state index in [0.717, 1.165) is 36.7 Å². The van der Waals surface area contributed by atoms with E-state index in [9.17, 15) is 18.0 Å². The number of halogens is 3. The molecule has 0 radical (unpaired) electrons. The largest absolute Gasteiger partial charge is 0.416 e. The Morgan fingerprint density at radius 2 is 1.86 bits per heavy atom. The first-order valence-electron chi connectivity index (χ1n) is 11.2. The molecule has 1 aliphatic rings. The Kier molecular flexibility index (Phi) is 6.68. The number of benzene rings is 1. The second kappa shape index (κ2) is 9.69. The van der Waals surface area contributed by atoms with Gasteiger partial charge >= 0.3 is 6.18 Å². The monoisotopic (exact) mass is 483 g/mol. The first-order chi connectivity index (χ1) is 16.8. The van der Waals surface area contributed by atoms with Gasteiger partial charge in [0.1, 0.15) is 12.1 Å². The smallest absolute Gasteiger partial charge is 0.349 e. The van der Waals surface area contributed by atoms with Crippen LogP contribution in [0.25, 0.3) is 16.9 Å². The normalized spacial score (nSPS) is 13.2. The second-order valence-corrected chi connectivity index (χ2v) is 7.82. The van der Waals surface area contributed by atoms with E-state index in [-0.39, 0.29) is 17.8 Å². The van der Waals surface area contributed by atoms with Crippen molar-refractivity contribution in [3.05, 3.63) is 65.7 Å². The SMILES string of the molecule is CC.Cc1ccc(C(=O)NC2CC2)cc1Nc1ncnc2c1cnn2-c1cc(C(F)(F)F)ccn1. The number of alkyl halides is 3. The van der Waals surface area contributed by atoms with Crippen LogP contribution in [0.4, 0.5) is 24.7 Å². The number of carbonyl (C=O) groups excluding carboxylic acids is 1. The summed E-state index contributed by atoms with van der Waals surface area (Å²) in [6.07, 6.45) is 1.30. The highest BCUT2D eigenvalue weighted by Gasteiger charge is 2.31. The number of anilines is 2. The van der Waals surface area contributed by atoms with Gasteiger partial charge in [-0.1, -0.05) is 19.9 Å². The lowest BCUT2D eigenvalue weighted by atomic mass is 10.1. The third-order valence-electron chi connectivity index (χ3n) is 5.32. The summed E-state index contributed by atoms with van der Waals surface area (Å²) < 4.78 is 40.6. The summed E-state index contributed by atoms with van der Waals surface area (Å²) in [5.74, 6) is 0.248. The Hall–Kier alpha value is -4.02. The van der Waals surface area contributed by atoms with E-state index in [1.165, 1.54) is 17.2 Å². The van der Waals surface area contributed by atoms with E-state index < -0.39 is 11.7 Å². The lowest BCUT2D eigenvalue weighted by Crippen LogP contribution is -2.25. The minimum Gasteiger partial charge on any atom is -0.349 e. The molecule has 182 valence electrons. The molecule has 0 atom stereocenters. The number of nitrogens with zero attached hydrogens (tertiary/aromatic N) is 5. The minimum atomic E-state index is -4.50. The first kappa shape index (κ1) is 24.1. The maximum absolute atomic E-state index is 13.1. The number of nitrogens with one attached hydrogen (secondary N) is 2. The highest BCUT2D eigenvalue weighted by molar-refractivity contribution is 5.96. The third-order valence-corrected chi connectivity index (χ3v) is 5.32. The molecule has 3 aromatic heterocycles. The van der Waals surface area contributed by atoms with E-state index in [1.807, 2.05) is 26.8 Å². The molecule has 0 unspecified atom stereocenters. The molecule has 1 aliphatic carbocycles. The van der Waals surface area contributed by atoms with E-state index in [2.05, 4.69) is 30.7 Å². The molecule has 1 amide bonds. The summed E-state index contributed by atoms with van der Waals surface area (Å²) >= 11 is 0. The quantitative estimate of drug-likeness (QED) is 0.405. The van der Waals surface area contributed by atoms with Gasteiger partial charge in [0.15, 0.2) is 11.5 Å². The number of pyridine rings is 1. The molecule has 0 aliphatic heterocycles. The van der Waals surface area contributed by atoms with E-state index in [1.54, 1.807) is 12.1 Å². The van der Waals surface area contributed by atoms with Crippen molar-refractivity contribution in [1.29, 1.82) is 0 Å². The molecule has 8 nitrogen and oxygen atoms in total. The predicted molar refractivity (Wildman–Crippen MR) is 126 cm³/mol. The average molecular weight is 483 g/mol. The molecule has 5 rings (SSSR count). The van der Waals surface area contributed by atoms with Crippen LogP contribution in [-0.4, -0.2) is 36.7 Å². The standard InChI is InChI=1S/C22H18F3N7O.C2H6/c1-12-2-3-13(21(33)30-15-4-5-15)8-17(12)31-19-16-10-29-32(20(16)28-11-27-19)18-9-14(6-7-26-18)22(23,24)25;1-2/h2-3,6-11,15H,4-5H2,1H3,(H,30,33)(H,27,28,31);1-2H3. The van der Waals surface area contributed by atoms with Gasteiger partial charge in [-0.3, -0.25) is 4.79 Å². The number of fused-ring (bicyclic) bond motifs is 1. The summed E-state index contributed by atoms with van der Waals surface area (Å²) in [7, 11) is 0. The Morgan fingerprint density at radius 3 is 2.57 bits per heavy atom. The third kappa shape index (κ3) is 5.23. The molecule has 0 bridgehead atoms. The number of amides is 1. The van der Waals surface area contributed by atoms with Crippen LogP contribution < -0.4 is 10.6 Å². The fourth-order valence-electron chi connectivity index (χ4n) is 3.34. The Bertz CT molecular complexity index is 1360. The van der Waals surface area contributed by atoms with Crippen LogP contribution in [0.3, 0.4) is 0 Å². The number of aryl methyl sites for hydroxylation is 1. The van der Waals surface area contributed by atoms with Gasteiger partial charge in [-0.25, -0.2) is 15.0 Å². The molecular formula is C24H24F3N7O. The molecule has 11 heteroatoms. The lowest BCUT2D eigenvalue weighted by molar-refractivity contribution is -0.137. The number of rotatable bonds is 5. The summed E-state index contributed by atoms with van der Waals surface area (Å²) in [6, 6.07) is 7.37. The first-order valence-corrected chi connectivity index (χ1v) is 11.2. The van der Waals surface area contributed by atoms with E-state index in [4.69, 9.17) is 0 Å². The van der Waals surface area contributed by atoms with Crippen molar-refractivity contribution in [3.63, 3.8) is 0 Å². The number of hydrogen-bond donors (Lipinski definition) is 2. The summed E-state index contributed by atoms with van der Waals surface area (Å²) in [5, 5.41) is 10.8. The van der Waals surface area contributed by atoms with Crippen molar-refractivity contribution >= 4 is 28.4 Å². The van der Waals surface area contributed by atoms with Gasteiger partial charge in [0.05, 0.1) is 17.1 Å². The Balaban J connectivity index is 0.00000141. The highest BCUT2D eigenvalue weighted by Crippen LogP contribution is 2.31. The minimum absolute atomic E-state index is 0.0144. The molecule has 1 aromatic carbocycles. The average Bonchev–Trinajstić information content (AvgIpc) is 3.56. The summed E-state index contributed by atoms with van der Waals surface area (Å²) in [6.45, 7) is 5.89. The molecule has 2 N–H and O–H groups in total. The molecule has 0 saturated heterocycles. The number of hydrogen-bond acceptors (Lipinski definition) is 6. The summed E-state index contributed by atoms with van der Waals surface area (Å²) in [5.41, 5.74) is 1.53. The van der Waals surface area contributed by atoms with Crippen molar-refractivity contribution in [2.24, 2.45) is 0 Å². The van der Waals surface area contributed by atoms with Crippen LogP contribution >= 0.6 is 0 Å². The van der Waals surface area contributed by atoms with Gasteiger partial charge in [-0.2, -0.15) is 23.0 Å². The van der Waals surface area contributed by atoms with Crippen molar-refractivity contribution in [1.82, 2.24) is 30.0 Å². The van der Waals surface area contributed by atoms with Crippen molar-refractivity contribution < 1.29 is 18.0 Å². The fourth-order valence-corrected chi connectivity index (χ4v) is 3.34. The Morgan fingerprint density at radius 1 is 1.09 bits per heavy atom. The predicted octanol–water partition coefficient (Wildman–Crippen LogP) is 5.20. The van der Waals surface area contributed by atoms with Gasteiger partial charge in [0.25, 0.3) is 5.91 Å². The molecule has 4 aromatic rings. The maximum Gasteiger partial charge on any atom is 0.416 e. The van der Waals surface area contributed by atoms with Crippen LogP contribution in [-0.2, 0) is 6.18 Å². The molecular weight excluding hydrogens is 459 g/mol. The van der Waals surface area contributed by atoms with Crippen LogP contribution in [0, 0.1) is 6.92 Å². The summed E-state index contributed by atoms with van der Waals surface area (Å²) in [4.78, 5) is 24.9. The fraction of sp³-hybridized carbons (Fsp3) is 0.292. The molecule has 0 spiro atoms. The van der Waals surface area contributed by atoms with Crippen molar-refractivity contribution in [3.8, 4) is 5.82 Å². The second-order valence-electron chi connectivity index (χ2n) is 7.82. The highest BCUT2D eigenvalue weighted by atomic mass is 19.4. The van der Waals surface area contributed by atoms with Gasteiger partial charge in [-0.05, 0) is 49.6 Å². The number of aromatic nitrogens is 5. The van der Waals surface area contributed by atoms with Gasteiger partial charge < -0.3 is 10.6 Å². The van der Waals surface area contributed by atoms with Crippen LogP contribution in [0.2, 0.25) is 0 Å². The van der Waals surface area contributed by atoms with E-state index >= 15 is 0 Å². The molecule has 1 saturated carbocycles. The Labute approximate surface area is 199 Å². The van der Waals surface area contributed by atoms with Crippen molar-refractivity contribution in [2.75, 3.05) is 5.32 Å². The van der Waals surface area contributed by atoms with Crippen LogP contribution in [0.5, 0.6) is 0 Å². The van der Waals surface area contributed by atoms with Gasteiger partial charge in [-0.15, -0.1) is 0 Å². The number of carbonyl (C=O) groups is 1. The lowest BCUT2D eigenvalue weighted by Gasteiger charge is -2.12. The zero-order valence-corrected chi connectivity index (χ0v) is 19.4. The zero-order chi connectivity index (χ0) is 25.2.